The summed E-state index contributed by atoms with van der Waals surface area (Å²) in [6, 6.07) is 13.9. The molecule has 30 heavy (non-hydrogen) atoms. The molecular formula is C22H27BrN2O4S. The summed E-state index contributed by atoms with van der Waals surface area (Å²) in [6.45, 7) is 4.70. The van der Waals surface area contributed by atoms with E-state index in [9.17, 15) is 13.2 Å². The van der Waals surface area contributed by atoms with Gasteiger partial charge in [-0.15, -0.1) is 0 Å². The van der Waals surface area contributed by atoms with Crippen molar-refractivity contribution in [3.8, 4) is 0 Å². The van der Waals surface area contributed by atoms with E-state index in [0.717, 1.165) is 10.0 Å². The van der Waals surface area contributed by atoms with Crippen molar-refractivity contribution in [1.29, 1.82) is 0 Å². The molecule has 1 aliphatic heterocycles. The fourth-order valence-corrected chi connectivity index (χ4v) is 5.34. The standard InChI is InChI=1S/C22H27BrN2O4S/c1-16(2)25(3)30(27,28)20-9-4-6-17(14-20)21(26)24-22(10-12-29-13-11-22)18-7-5-8-19(23)15-18/h4-9,14-16H,10-13H2,1-3H3,(H,24,26). The first-order chi connectivity index (χ1) is 14.2. The number of hydrogen-bond donors (Lipinski definition) is 1. The third-order valence-corrected chi connectivity index (χ3v) is 8.10. The first kappa shape index (κ1) is 22.9. The van der Waals surface area contributed by atoms with E-state index in [1.165, 1.54) is 23.5 Å². The van der Waals surface area contributed by atoms with Crippen LogP contribution in [0.25, 0.3) is 0 Å². The average Bonchev–Trinajstić information content (AvgIpc) is 2.73. The second-order valence-corrected chi connectivity index (χ2v) is 10.7. The van der Waals surface area contributed by atoms with Crippen LogP contribution in [0.15, 0.2) is 57.9 Å². The van der Waals surface area contributed by atoms with E-state index in [4.69, 9.17) is 4.74 Å². The Bertz CT molecular complexity index is 1020. The minimum absolute atomic E-state index is 0.106. The summed E-state index contributed by atoms with van der Waals surface area (Å²) in [6.07, 6.45) is 1.28. The van der Waals surface area contributed by atoms with Gasteiger partial charge in [0, 0.05) is 36.3 Å². The Kier molecular flexibility index (Phi) is 7.02. The highest BCUT2D eigenvalue weighted by atomic mass is 79.9. The van der Waals surface area contributed by atoms with Crippen LogP contribution >= 0.6 is 15.9 Å². The lowest BCUT2D eigenvalue weighted by atomic mass is 9.82. The normalized spacial score (nSPS) is 16.6. The number of hydrogen-bond acceptors (Lipinski definition) is 4. The molecule has 0 bridgehead atoms. The van der Waals surface area contributed by atoms with Crippen molar-refractivity contribution < 1.29 is 17.9 Å². The van der Waals surface area contributed by atoms with Gasteiger partial charge in [0.1, 0.15) is 0 Å². The van der Waals surface area contributed by atoms with Gasteiger partial charge in [0.2, 0.25) is 10.0 Å². The van der Waals surface area contributed by atoms with Crippen LogP contribution in [0.5, 0.6) is 0 Å². The van der Waals surface area contributed by atoms with E-state index in [1.54, 1.807) is 26.0 Å². The summed E-state index contributed by atoms with van der Waals surface area (Å²) in [4.78, 5) is 13.3. The molecule has 3 rings (SSSR count). The Morgan fingerprint density at radius 1 is 1.13 bits per heavy atom. The minimum atomic E-state index is -3.67. The lowest BCUT2D eigenvalue weighted by Crippen LogP contribution is -2.49. The van der Waals surface area contributed by atoms with Gasteiger partial charge in [-0.2, -0.15) is 4.31 Å². The quantitative estimate of drug-likeness (QED) is 0.660. The zero-order valence-electron chi connectivity index (χ0n) is 17.4. The van der Waals surface area contributed by atoms with Crippen LogP contribution in [0.3, 0.4) is 0 Å². The molecule has 1 aliphatic rings. The molecule has 2 aromatic carbocycles. The van der Waals surface area contributed by atoms with E-state index in [1.807, 2.05) is 24.3 Å². The van der Waals surface area contributed by atoms with Gasteiger partial charge >= 0.3 is 0 Å². The molecular weight excluding hydrogens is 468 g/mol. The van der Waals surface area contributed by atoms with Crippen molar-refractivity contribution in [3.05, 3.63) is 64.1 Å². The summed E-state index contributed by atoms with van der Waals surface area (Å²) in [5.41, 5.74) is 0.744. The van der Waals surface area contributed by atoms with Gasteiger partial charge in [0.05, 0.1) is 10.4 Å². The van der Waals surface area contributed by atoms with Crippen LogP contribution < -0.4 is 5.32 Å². The van der Waals surface area contributed by atoms with Crippen LogP contribution in [-0.2, 0) is 20.3 Å². The SMILES string of the molecule is CC(C)N(C)S(=O)(=O)c1cccc(C(=O)NC2(c3cccc(Br)c3)CCOCC2)c1. The second-order valence-electron chi connectivity index (χ2n) is 7.80. The molecule has 1 N–H and O–H groups in total. The van der Waals surface area contributed by atoms with Gasteiger partial charge in [-0.05, 0) is 62.6 Å². The van der Waals surface area contributed by atoms with Crippen LogP contribution in [0.2, 0.25) is 0 Å². The average molecular weight is 495 g/mol. The van der Waals surface area contributed by atoms with E-state index >= 15 is 0 Å². The highest BCUT2D eigenvalue weighted by Crippen LogP contribution is 2.34. The number of ether oxygens (including phenoxy) is 1. The summed E-state index contributed by atoms with van der Waals surface area (Å²) in [5.74, 6) is -0.305. The third-order valence-electron chi connectivity index (χ3n) is 5.58. The van der Waals surface area contributed by atoms with E-state index in [2.05, 4.69) is 21.2 Å². The lowest BCUT2D eigenvalue weighted by molar-refractivity contribution is 0.0345. The van der Waals surface area contributed by atoms with Gasteiger partial charge in [-0.3, -0.25) is 4.79 Å². The summed E-state index contributed by atoms with van der Waals surface area (Å²) >= 11 is 3.51. The zero-order chi connectivity index (χ0) is 21.9. The van der Waals surface area contributed by atoms with Crippen LogP contribution in [0, 0.1) is 0 Å². The zero-order valence-corrected chi connectivity index (χ0v) is 19.8. The molecule has 0 atom stereocenters. The van der Waals surface area contributed by atoms with Crippen molar-refractivity contribution in [1.82, 2.24) is 9.62 Å². The molecule has 2 aromatic rings. The minimum Gasteiger partial charge on any atom is -0.381 e. The smallest absolute Gasteiger partial charge is 0.252 e. The van der Waals surface area contributed by atoms with Gasteiger partial charge in [0.15, 0.2) is 0 Å². The largest absolute Gasteiger partial charge is 0.381 e. The predicted molar refractivity (Wildman–Crippen MR) is 120 cm³/mol. The number of halogens is 1. The number of rotatable bonds is 6. The van der Waals surface area contributed by atoms with Gasteiger partial charge in [-0.1, -0.05) is 34.1 Å². The number of amides is 1. The number of benzene rings is 2. The number of carbonyl (C=O) groups excluding carboxylic acids is 1. The number of carbonyl (C=O) groups is 1. The number of sulfonamides is 1. The van der Waals surface area contributed by atoms with Crippen molar-refractivity contribution in [2.45, 2.75) is 43.2 Å². The number of nitrogens with one attached hydrogen (secondary N) is 1. The molecule has 0 spiro atoms. The Hall–Kier alpha value is -1.74. The molecule has 1 fully saturated rings. The molecule has 0 aromatic heterocycles. The molecule has 0 radical (unpaired) electrons. The van der Waals surface area contributed by atoms with Crippen molar-refractivity contribution in [2.24, 2.45) is 0 Å². The Balaban J connectivity index is 1.92. The van der Waals surface area contributed by atoms with Crippen LogP contribution in [0.1, 0.15) is 42.6 Å². The predicted octanol–water partition coefficient (Wildman–Crippen LogP) is 3.91. The molecule has 0 saturated carbocycles. The maximum atomic E-state index is 13.2. The first-order valence-electron chi connectivity index (χ1n) is 9.90. The van der Waals surface area contributed by atoms with Gasteiger partial charge < -0.3 is 10.1 Å². The molecule has 162 valence electrons. The highest BCUT2D eigenvalue weighted by molar-refractivity contribution is 9.10. The van der Waals surface area contributed by atoms with Crippen molar-refractivity contribution >= 4 is 31.9 Å². The molecule has 1 heterocycles. The molecule has 8 heteroatoms. The third kappa shape index (κ3) is 4.77. The van der Waals surface area contributed by atoms with Gasteiger partial charge in [-0.25, -0.2) is 8.42 Å². The maximum absolute atomic E-state index is 13.2. The van der Waals surface area contributed by atoms with Gasteiger partial charge in [0.25, 0.3) is 5.91 Å². The van der Waals surface area contributed by atoms with Crippen LogP contribution in [-0.4, -0.2) is 44.9 Å². The molecule has 0 unspecified atom stereocenters. The molecule has 6 nitrogen and oxygen atoms in total. The van der Waals surface area contributed by atoms with Crippen molar-refractivity contribution in [2.75, 3.05) is 20.3 Å². The lowest BCUT2D eigenvalue weighted by Gasteiger charge is -2.38. The summed E-state index contributed by atoms with van der Waals surface area (Å²) in [5, 5.41) is 3.17. The fraction of sp³-hybridized carbons (Fsp3) is 0.409. The summed E-state index contributed by atoms with van der Waals surface area (Å²) in [7, 11) is -2.13. The molecule has 1 amide bonds. The van der Waals surface area contributed by atoms with Crippen LogP contribution in [0.4, 0.5) is 0 Å². The number of nitrogens with zero attached hydrogens (tertiary/aromatic N) is 1. The molecule has 1 saturated heterocycles. The Morgan fingerprint density at radius 3 is 2.43 bits per heavy atom. The Labute approximate surface area is 186 Å². The first-order valence-corrected chi connectivity index (χ1v) is 12.1. The molecule has 0 aliphatic carbocycles. The second kappa shape index (κ2) is 9.18. The van der Waals surface area contributed by atoms with E-state index < -0.39 is 15.6 Å². The van der Waals surface area contributed by atoms with E-state index in [0.29, 0.717) is 31.6 Å². The van der Waals surface area contributed by atoms with E-state index in [-0.39, 0.29) is 16.8 Å². The topological polar surface area (TPSA) is 75.7 Å². The summed E-state index contributed by atoms with van der Waals surface area (Å²) < 4.78 is 33.4. The fourth-order valence-electron chi connectivity index (χ4n) is 3.52. The monoisotopic (exact) mass is 494 g/mol. The maximum Gasteiger partial charge on any atom is 0.252 e. The van der Waals surface area contributed by atoms with Crippen molar-refractivity contribution in [3.63, 3.8) is 0 Å². The Morgan fingerprint density at radius 2 is 1.80 bits per heavy atom. The highest BCUT2D eigenvalue weighted by Gasteiger charge is 2.36.